The zero-order valence-corrected chi connectivity index (χ0v) is 12.1. The quantitative estimate of drug-likeness (QED) is 0.913. The first-order valence-electron chi connectivity index (χ1n) is 5.86. The molecule has 4 nitrogen and oxygen atoms in total. The highest BCUT2D eigenvalue weighted by Crippen LogP contribution is 2.30. The molecule has 5 heteroatoms. The number of rotatable bonds is 5. The van der Waals surface area contributed by atoms with Gasteiger partial charge in [0, 0.05) is 23.4 Å². The van der Waals surface area contributed by atoms with E-state index in [0.29, 0.717) is 0 Å². The lowest BCUT2D eigenvalue weighted by molar-refractivity contribution is 0.416. The Balaban J connectivity index is 2.27. The maximum atomic E-state index is 5.33. The number of imidazole rings is 1. The van der Waals surface area contributed by atoms with Crippen LogP contribution in [0.5, 0.6) is 5.75 Å². The predicted molar refractivity (Wildman–Crippen MR) is 76.5 cm³/mol. The molecule has 1 N–H and O–H groups in total. The van der Waals surface area contributed by atoms with E-state index >= 15 is 0 Å². The molecule has 2 aromatic rings. The first-order valence-corrected chi connectivity index (χ1v) is 6.65. The van der Waals surface area contributed by atoms with Gasteiger partial charge in [-0.2, -0.15) is 0 Å². The fourth-order valence-electron chi connectivity index (χ4n) is 1.75. The molecular weight excluding hydrogens is 294 g/mol. The Bertz CT molecular complexity index is 525. The van der Waals surface area contributed by atoms with E-state index in [0.717, 1.165) is 34.8 Å². The Labute approximate surface area is 115 Å². The summed E-state index contributed by atoms with van der Waals surface area (Å²) in [6.45, 7) is 3.09. The first-order chi connectivity index (χ1) is 8.74. The van der Waals surface area contributed by atoms with Gasteiger partial charge in [0.2, 0.25) is 5.95 Å². The minimum Gasteiger partial charge on any atom is -0.495 e. The van der Waals surface area contributed by atoms with Crippen LogP contribution in [0.4, 0.5) is 11.6 Å². The molecule has 0 bridgehead atoms. The SMILES string of the molecule is CCCn1ccnc1Nc1cc(Br)ccc1OC. The molecular formula is C13H16BrN3O. The summed E-state index contributed by atoms with van der Waals surface area (Å²) < 4.78 is 8.41. The Morgan fingerprint density at radius 3 is 3.00 bits per heavy atom. The molecule has 0 saturated heterocycles. The summed E-state index contributed by atoms with van der Waals surface area (Å²) in [5, 5.41) is 3.29. The van der Waals surface area contributed by atoms with Gasteiger partial charge < -0.3 is 14.6 Å². The van der Waals surface area contributed by atoms with Crippen molar-refractivity contribution in [3.8, 4) is 5.75 Å². The van der Waals surface area contributed by atoms with Crippen LogP contribution in [0.15, 0.2) is 35.1 Å². The van der Waals surface area contributed by atoms with Crippen LogP contribution in [0.3, 0.4) is 0 Å². The number of hydrogen-bond donors (Lipinski definition) is 1. The average molecular weight is 310 g/mol. The lowest BCUT2D eigenvalue weighted by atomic mass is 10.3. The van der Waals surface area contributed by atoms with Gasteiger partial charge in [-0.3, -0.25) is 0 Å². The number of methoxy groups -OCH3 is 1. The van der Waals surface area contributed by atoms with E-state index in [4.69, 9.17) is 4.74 Å². The number of aromatic nitrogens is 2. The van der Waals surface area contributed by atoms with Gasteiger partial charge in [-0.15, -0.1) is 0 Å². The van der Waals surface area contributed by atoms with Gasteiger partial charge in [-0.1, -0.05) is 22.9 Å². The van der Waals surface area contributed by atoms with E-state index in [1.54, 1.807) is 13.3 Å². The van der Waals surface area contributed by atoms with Gasteiger partial charge in [0.15, 0.2) is 0 Å². The maximum Gasteiger partial charge on any atom is 0.207 e. The Hall–Kier alpha value is -1.49. The molecule has 0 aliphatic rings. The Kier molecular flexibility index (Phi) is 4.25. The number of anilines is 2. The zero-order valence-electron chi connectivity index (χ0n) is 10.5. The van der Waals surface area contributed by atoms with Crippen LogP contribution < -0.4 is 10.1 Å². The second-order valence-corrected chi connectivity index (χ2v) is 4.83. The molecule has 1 aromatic carbocycles. The molecule has 0 amide bonds. The smallest absolute Gasteiger partial charge is 0.207 e. The zero-order chi connectivity index (χ0) is 13.0. The van der Waals surface area contributed by atoms with Gasteiger partial charge in [0.25, 0.3) is 0 Å². The summed E-state index contributed by atoms with van der Waals surface area (Å²) in [6, 6.07) is 5.84. The molecule has 1 heterocycles. The number of ether oxygens (including phenoxy) is 1. The monoisotopic (exact) mass is 309 g/mol. The molecule has 0 fully saturated rings. The van der Waals surface area contributed by atoms with Crippen LogP contribution in [0.1, 0.15) is 13.3 Å². The summed E-state index contributed by atoms with van der Waals surface area (Å²) in [6.07, 6.45) is 4.83. The summed E-state index contributed by atoms with van der Waals surface area (Å²) in [5.74, 6) is 1.62. The van der Waals surface area contributed by atoms with E-state index in [1.165, 1.54) is 0 Å². The highest BCUT2D eigenvalue weighted by Gasteiger charge is 2.07. The van der Waals surface area contributed by atoms with E-state index in [9.17, 15) is 0 Å². The van der Waals surface area contributed by atoms with Gasteiger partial charge in [-0.05, 0) is 24.6 Å². The van der Waals surface area contributed by atoms with Gasteiger partial charge >= 0.3 is 0 Å². The average Bonchev–Trinajstić information content (AvgIpc) is 2.78. The molecule has 0 aliphatic carbocycles. The van der Waals surface area contributed by atoms with Crippen molar-refractivity contribution >= 4 is 27.6 Å². The van der Waals surface area contributed by atoms with E-state index in [-0.39, 0.29) is 0 Å². The highest BCUT2D eigenvalue weighted by atomic mass is 79.9. The molecule has 96 valence electrons. The van der Waals surface area contributed by atoms with Gasteiger partial charge in [-0.25, -0.2) is 4.98 Å². The third kappa shape index (κ3) is 2.85. The van der Waals surface area contributed by atoms with Crippen molar-refractivity contribution in [2.24, 2.45) is 0 Å². The number of benzene rings is 1. The highest BCUT2D eigenvalue weighted by molar-refractivity contribution is 9.10. The van der Waals surface area contributed by atoms with Crippen LogP contribution in [0.25, 0.3) is 0 Å². The third-order valence-corrected chi connectivity index (χ3v) is 3.08. The van der Waals surface area contributed by atoms with E-state index in [1.807, 2.05) is 24.4 Å². The number of nitrogens with one attached hydrogen (secondary N) is 1. The van der Waals surface area contributed by atoms with Crippen LogP contribution in [-0.4, -0.2) is 16.7 Å². The summed E-state index contributed by atoms with van der Waals surface area (Å²) in [7, 11) is 1.66. The largest absolute Gasteiger partial charge is 0.495 e. The van der Waals surface area contributed by atoms with Crippen molar-refractivity contribution in [2.75, 3.05) is 12.4 Å². The lowest BCUT2D eigenvalue weighted by Gasteiger charge is -2.12. The van der Waals surface area contributed by atoms with Crippen molar-refractivity contribution in [3.63, 3.8) is 0 Å². The molecule has 2 rings (SSSR count). The van der Waals surface area contributed by atoms with E-state index < -0.39 is 0 Å². The molecule has 0 radical (unpaired) electrons. The predicted octanol–water partition coefficient (Wildman–Crippen LogP) is 3.81. The second kappa shape index (κ2) is 5.91. The first kappa shape index (κ1) is 13.0. The number of nitrogens with zero attached hydrogens (tertiary/aromatic N) is 2. The normalized spacial score (nSPS) is 10.4. The van der Waals surface area contributed by atoms with Gasteiger partial charge in [0.1, 0.15) is 5.75 Å². The minimum absolute atomic E-state index is 0.796. The van der Waals surface area contributed by atoms with Crippen LogP contribution in [-0.2, 0) is 6.54 Å². The topological polar surface area (TPSA) is 39.1 Å². The fraction of sp³-hybridized carbons (Fsp3) is 0.308. The summed E-state index contributed by atoms with van der Waals surface area (Å²) in [5.41, 5.74) is 0.899. The minimum atomic E-state index is 0.796. The van der Waals surface area contributed by atoms with Crippen molar-refractivity contribution in [2.45, 2.75) is 19.9 Å². The Morgan fingerprint density at radius 2 is 2.28 bits per heavy atom. The molecule has 0 unspecified atom stereocenters. The fourth-order valence-corrected chi connectivity index (χ4v) is 2.11. The van der Waals surface area contributed by atoms with E-state index in [2.05, 4.69) is 37.7 Å². The van der Waals surface area contributed by atoms with Crippen LogP contribution in [0, 0.1) is 0 Å². The van der Waals surface area contributed by atoms with Gasteiger partial charge in [0.05, 0.1) is 12.8 Å². The second-order valence-electron chi connectivity index (χ2n) is 3.91. The molecule has 18 heavy (non-hydrogen) atoms. The van der Waals surface area contributed by atoms with Crippen LogP contribution >= 0.6 is 15.9 Å². The number of halogens is 1. The summed E-state index contributed by atoms with van der Waals surface area (Å²) in [4.78, 5) is 4.32. The third-order valence-electron chi connectivity index (χ3n) is 2.59. The number of aryl methyl sites for hydroxylation is 1. The lowest BCUT2D eigenvalue weighted by Crippen LogP contribution is -2.03. The molecule has 0 atom stereocenters. The van der Waals surface area contributed by atoms with Crippen molar-refractivity contribution in [3.05, 3.63) is 35.1 Å². The molecule has 1 aromatic heterocycles. The standard InChI is InChI=1S/C13H16BrN3O/c1-3-7-17-8-6-15-13(17)16-11-9-10(14)4-5-12(11)18-2/h4-6,8-9H,3,7H2,1-2H3,(H,15,16). The van der Waals surface area contributed by atoms with Crippen molar-refractivity contribution < 1.29 is 4.74 Å². The maximum absolute atomic E-state index is 5.33. The molecule has 0 saturated carbocycles. The van der Waals surface area contributed by atoms with Crippen molar-refractivity contribution in [1.82, 2.24) is 9.55 Å². The Morgan fingerprint density at radius 1 is 1.44 bits per heavy atom. The summed E-state index contributed by atoms with van der Waals surface area (Å²) >= 11 is 3.46. The van der Waals surface area contributed by atoms with Crippen LogP contribution in [0.2, 0.25) is 0 Å². The number of hydrogen-bond acceptors (Lipinski definition) is 3. The van der Waals surface area contributed by atoms with Crippen molar-refractivity contribution in [1.29, 1.82) is 0 Å². The molecule has 0 spiro atoms. The molecule has 0 aliphatic heterocycles.